The van der Waals surface area contributed by atoms with Crippen molar-refractivity contribution in [2.24, 2.45) is 0 Å². The van der Waals surface area contributed by atoms with Crippen molar-refractivity contribution in [3.05, 3.63) is 54.0 Å². The maximum Gasteiger partial charge on any atom is 0.276 e. The second-order valence-electron chi connectivity index (χ2n) is 4.78. The average Bonchev–Trinajstić information content (AvgIpc) is 3.02. The maximum atomic E-state index is 11.6. The molecule has 0 unspecified atom stereocenters. The van der Waals surface area contributed by atoms with Gasteiger partial charge in [-0.2, -0.15) is 0 Å². The van der Waals surface area contributed by atoms with Crippen LogP contribution in [0.2, 0.25) is 0 Å². The molecule has 2 rings (SSSR count). The minimum absolute atomic E-state index is 0.228. The van der Waals surface area contributed by atoms with Gasteiger partial charge in [0.15, 0.2) is 6.61 Å². The van der Waals surface area contributed by atoms with E-state index in [1.807, 2.05) is 0 Å². The molecular weight excluding hydrogens is 312 g/mol. The third-order valence-corrected chi connectivity index (χ3v) is 2.91. The third kappa shape index (κ3) is 5.53. The number of rotatable bonds is 6. The van der Waals surface area contributed by atoms with Gasteiger partial charge in [0.05, 0.1) is 7.11 Å². The van der Waals surface area contributed by atoms with Crippen LogP contribution in [0, 0.1) is 6.92 Å². The average molecular weight is 330 g/mol. The lowest BCUT2D eigenvalue weighted by molar-refractivity contribution is -0.128. The van der Waals surface area contributed by atoms with Crippen molar-refractivity contribution in [3.8, 4) is 11.5 Å². The number of methoxy groups -OCH3 is 1. The Kier molecular flexibility index (Phi) is 6.01. The van der Waals surface area contributed by atoms with E-state index in [0.29, 0.717) is 17.3 Å². The molecule has 0 bridgehead atoms. The zero-order chi connectivity index (χ0) is 17.4. The van der Waals surface area contributed by atoms with Crippen molar-refractivity contribution >= 4 is 17.9 Å². The van der Waals surface area contributed by atoms with Gasteiger partial charge in [0.25, 0.3) is 11.8 Å². The van der Waals surface area contributed by atoms with Gasteiger partial charge in [-0.3, -0.25) is 20.4 Å². The Balaban J connectivity index is 1.70. The van der Waals surface area contributed by atoms with E-state index in [1.165, 1.54) is 12.2 Å². The Labute approximate surface area is 139 Å². The minimum Gasteiger partial charge on any atom is -0.497 e. The van der Waals surface area contributed by atoms with E-state index >= 15 is 0 Å². The first-order valence-electron chi connectivity index (χ1n) is 7.17. The molecule has 126 valence electrons. The Morgan fingerprint density at radius 2 is 1.79 bits per heavy atom. The van der Waals surface area contributed by atoms with Crippen molar-refractivity contribution in [3.63, 3.8) is 0 Å². The molecule has 24 heavy (non-hydrogen) atoms. The normalized spacial score (nSPS) is 10.4. The van der Waals surface area contributed by atoms with E-state index in [0.717, 1.165) is 5.76 Å². The Hall–Kier alpha value is -3.22. The Morgan fingerprint density at radius 3 is 2.42 bits per heavy atom. The lowest BCUT2D eigenvalue weighted by atomic mass is 10.3. The van der Waals surface area contributed by atoms with Crippen LogP contribution >= 0.6 is 0 Å². The topological polar surface area (TPSA) is 89.8 Å². The quantitative estimate of drug-likeness (QED) is 0.623. The monoisotopic (exact) mass is 330 g/mol. The summed E-state index contributed by atoms with van der Waals surface area (Å²) in [5.74, 6) is 1.54. The molecular formula is C17H18N2O5. The van der Waals surface area contributed by atoms with E-state index in [1.54, 1.807) is 50.4 Å². The molecule has 0 atom stereocenters. The molecule has 0 saturated carbocycles. The molecule has 0 fully saturated rings. The lowest BCUT2D eigenvalue weighted by Crippen LogP contribution is -2.43. The summed E-state index contributed by atoms with van der Waals surface area (Å²) in [6.07, 6.45) is 2.76. The molecule has 2 aromatic rings. The largest absolute Gasteiger partial charge is 0.497 e. The SMILES string of the molecule is COc1ccc(OCC(=O)NNC(=O)/C=C/c2ccc(C)o2)cc1. The van der Waals surface area contributed by atoms with Crippen LogP contribution in [0.5, 0.6) is 11.5 Å². The van der Waals surface area contributed by atoms with Gasteiger partial charge in [0.1, 0.15) is 23.0 Å². The number of hydrogen-bond acceptors (Lipinski definition) is 5. The summed E-state index contributed by atoms with van der Waals surface area (Å²) in [5, 5.41) is 0. The molecule has 7 nitrogen and oxygen atoms in total. The third-order valence-electron chi connectivity index (χ3n) is 2.91. The highest BCUT2D eigenvalue weighted by Gasteiger charge is 2.04. The number of furan rings is 1. The van der Waals surface area contributed by atoms with E-state index in [4.69, 9.17) is 13.9 Å². The highest BCUT2D eigenvalue weighted by Crippen LogP contribution is 2.16. The van der Waals surface area contributed by atoms with Crippen LogP contribution in [0.1, 0.15) is 11.5 Å². The van der Waals surface area contributed by atoms with Crippen LogP contribution in [-0.4, -0.2) is 25.5 Å². The van der Waals surface area contributed by atoms with Crippen molar-refractivity contribution in [2.45, 2.75) is 6.92 Å². The fourth-order valence-electron chi connectivity index (χ4n) is 1.73. The number of nitrogens with one attached hydrogen (secondary N) is 2. The van der Waals surface area contributed by atoms with Crippen LogP contribution in [0.4, 0.5) is 0 Å². The van der Waals surface area contributed by atoms with Gasteiger partial charge in [0.2, 0.25) is 0 Å². The van der Waals surface area contributed by atoms with Crippen LogP contribution < -0.4 is 20.3 Å². The number of carbonyl (C=O) groups is 2. The number of hydrogen-bond donors (Lipinski definition) is 2. The Morgan fingerprint density at radius 1 is 1.08 bits per heavy atom. The highest BCUT2D eigenvalue weighted by molar-refractivity contribution is 5.92. The lowest BCUT2D eigenvalue weighted by Gasteiger charge is -2.08. The predicted molar refractivity (Wildman–Crippen MR) is 87.3 cm³/mol. The zero-order valence-corrected chi connectivity index (χ0v) is 13.4. The van der Waals surface area contributed by atoms with Crippen LogP contribution in [0.3, 0.4) is 0 Å². The van der Waals surface area contributed by atoms with Crippen LogP contribution in [-0.2, 0) is 9.59 Å². The molecule has 2 N–H and O–H groups in total. The molecule has 0 radical (unpaired) electrons. The van der Waals surface area contributed by atoms with Gasteiger partial charge >= 0.3 is 0 Å². The fraction of sp³-hybridized carbons (Fsp3) is 0.176. The van der Waals surface area contributed by atoms with E-state index in [9.17, 15) is 9.59 Å². The summed E-state index contributed by atoms with van der Waals surface area (Å²) < 4.78 is 15.6. The first-order valence-corrected chi connectivity index (χ1v) is 7.17. The minimum atomic E-state index is -0.485. The van der Waals surface area contributed by atoms with Crippen LogP contribution in [0.15, 0.2) is 46.9 Å². The van der Waals surface area contributed by atoms with Gasteiger partial charge in [0, 0.05) is 6.08 Å². The van der Waals surface area contributed by atoms with Crippen LogP contribution in [0.25, 0.3) is 6.08 Å². The summed E-state index contributed by atoms with van der Waals surface area (Å²) in [6, 6.07) is 10.3. The number of hydrazine groups is 1. The van der Waals surface area contributed by atoms with Gasteiger partial charge in [-0.15, -0.1) is 0 Å². The van der Waals surface area contributed by atoms with Crippen molar-refractivity contribution < 1.29 is 23.5 Å². The smallest absolute Gasteiger partial charge is 0.276 e. The summed E-state index contributed by atoms with van der Waals surface area (Å²) >= 11 is 0. The predicted octanol–water partition coefficient (Wildman–Crippen LogP) is 1.84. The van der Waals surface area contributed by atoms with E-state index in [2.05, 4.69) is 10.9 Å². The maximum absolute atomic E-state index is 11.6. The number of aryl methyl sites for hydroxylation is 1. The standard InChI is InChI=1S/C17H18N2O5/c1-12-3-4-15(24-12)9-10-16(20)18-19-17(21)11-23-14-7-5-13(22-2)6-8-14/h3-10H,11H2,1-2H3,(H,18,20)(H,19,21)/b10-9+. The second kappa shape index (κ2) is 8.42. The first kappa shape index (κ1) is 17.1. The van der Waals surface area contributed by atoms with Gasteiger partial charge in [-0.1, -0.05) is 0 Å². The number of benzene rings is 1. The zero-order valence-electron chi connectivity index (χ0n) is 13.4. The summed E-state index contributed by atoms with van der Waals surface area (Å²) in [4.78, 5) is 23.2. The highest BCUT2D eigenvalue weighted by atomic mass is 16.5. The van der Waals surface area contributed by atoms with Gasteiger partial charge < -0.3 is 13.9 Å². The molecule has 0 saturated heterocycles. The molecule has 2 amide bonds. The summed E-state index contributed by atoms with van der Waals surface area (Å²) in [5.41, 5.74) is 4.49. The molecule has 7 heteroatoms. The molecule has 1 heterocycles. The number of carbonyl (C=O) groups excluding carboxylic acids is 2. The molecule has 0 aliphatic heterocycles. The van der Waals surface area contributed by atoms with E-state index < -0.39 is 11.8 Å². The molecule has 1 aromatic heterocycles. The molecule has 0 aliphatic carbocycles. The molecule has 1 aromatic carbocycles. The van der Waals surface area contributed by atoms with E-state index in [-0.39, 0.29) is 6.61 Å². The van der Waals surface area contributed by atoms with Gasteiger partial charge in [-0.05, 0) is 49.4 Å². The Bertz CT molecular complexity index is 719. The van der Waals surface area contributed by atoms with Crippen molar-refractivity contribution in [1.29, 1.82) is 0 Å². The number of amides is 2. The summed E-state index contributed by atoms with van der Waals surface area (Å²) in [7, 11) is 1.56. The fourth-order valence-corrected chi connectivity index (χ4v) is 1.73. The number of ether oxygens (including phenoxy) is 2. The molecule has 0 spiro atoms. The molecule has 0 aliphatic rings. The first-order chi connectivity index (χ1) is 11.6. The van der Waals surface area contributed by atoms with Crippen molar-refractivity contribution in [2.75, 3.05) is 13.7 Å². The van der Waals surface area contributed by atoms with Crippen molar-refractivity contribution in [1.82, 2.24) is 10.9 Å². The summed E-state index contributed by atoms with van der Waals surface area (Å²) in [6.45, 7) is 1.58. The van der Waals surface area contributed by atoms with Gasteiger partial charge in [-0.25, -0.2) is 0 Å². The second-order valence-corrected chi connectivity index (χ2v) is 4.78.